The highest BCUT2D eigenvalue weighted by atomic mass is 32.1. The number of fused-ring (bicyclic) bond motifs is 1. The van der Waals surface area contributed by atoms with Gasteiger partial charge in [0, 0.05) is 16.8 Å². The summed E-state index contributed by atoms with van der Waals surface area (Å²) in [6.45, 7) is 1.91. The smallest absolute Gasteiger partial charge is 0.230 e. The van der Waals surface area contributed by atoms with Crippen LogP contribution in [0.15, 0.2) is 33.9 Å². The molecule has 4 N–H and O–H groups in total. The number of aromatic nitrogens is 3. The SMILES string of the molecule is CC1=Nc2ccccc2C1=Cc1sc(=N)n(-c2nonc2N)c1O. The lowest BCUT2D eigenvalue weighted by atomic mass is 10.0. The molecule has 24 heavy (non-hydrogen) atoms. The summed E-state index contributed by atoms with van der Waals surface area (Å²) in [5.41, 5.74) is 9.29. The van der Waals surface area contributed by atoms with E-state index in [1.807, 2.05) is 37.3 Å². The molecule has 2 aromatic heterocycles. The molecule has 120 valence electrons. The molecule has 3 heterocycles. The van der Waals surface area contributed by atoms with Crippen molar-refractivity contribution in [1.82, 2.24) is 14.9 Å². The van der Waals surface area contributed by atoms with Crippen LogP contribution in [0.1, 0.15) is 17.4 Å². The van der Waals surface area contributed by atoms with Crippen LogP contribution in [0.4, 0.5) is 11.5 Å². The molecule has 8 nitrogen and oxygen atoms in total. The Morgan fingerprint density at radius 2 is 2.12 bits per heavy atom. The molecule has 0 aliphatic carbocycles. The highest BCUT2D eigenvalue weighted by Crippen LogP contribution is 2.37. The van der Waals surface area contributed by atoms with Crippen molar-refractivity contribution >= 4 is 40.2 Å². The number of nitrogens with zero attached hydrogens (tertiary/aromatic N) is 4. The lowest BCUT2D eigenvalue weighted by Gasteiger charge is -2.02. The summed E-state index contributed by atoms with van der Waals surface area (Å²) < 4.78 is 5.74. The van der Waals surface area contributed by atoms with Crippen molar-refractivity contribution in [2.75, 3.05) is 5.73 Å². The largest absolute Gasteiger partial charge is 0.493 e. The average Bonchev–Trinajstić information content (AvgIpc) is 3.18. The molecule has 0 saturated carbocycles. The predicted molar refractivity (Wildman–Crippen MR) is 90.5 cm³/mol. The minimum Gasteiger partial charge on any atom is -0.493 e. The van der Waals surface area contributed by atoms with Crippen LogP contribution in [-0.2, 0) is 0 Å². The molecule has 0 fully saturated rings. The number of nitrogens with one attached hydrogen (secondary N) is 1. The highest BCUT2D eigenvalue weighted by Gasteiger charge is 2.21. The zero-order valence-corrected chi connectivity index (χ0v) is 13.3. The molecule has 0 spiro atoms. The fourth-order valence-electron chi connectivity index (χ4n) is 2.59. The summed E-state index contributed by atoms with van der Waals surface area (Å²) in [4.78, 5) is 5.07. The van der Waals surface area contributed by atoms with Crippen molar-refractivity contribution in [3.63, 3.8) is 0 Å². The topological polar surface area (TPSA) is 126 Å². The number of aliphatic imine (C=N–C) groups is 1. The maximum Gasteiger partial charge on any atom is 0.230 e. The molecule has 4 rings (SSSR count). The third-order valence-corrected chi connectivity index (χ3v) is 4.59. The number of hydrogen-bond donors (Lipinski definition) is 3. The summed E-state index contributed by atoms with van der Waals surface area (Å²) in [5.74, 6) is -0.0440. The third-order valence-electron chi connectivity index (χ3n) is 3.70. The first-order valence-electron chi connectivity index (χ1n) is 7.01. The number of para-hydroxylation sites is 1. The van der Waals surface area contributed by atoms with E-state index in [0.29, 0.717) is 4.88 Å². The van der Waals surface area contributed by atoms with E-state index in [2.05, 4.69) is 19.9 Å². The minimum atomic E-state index is -0.142. The molecule has 9 heteroatoms. The van der Waals surface area contributed by atoms with Crippen LogP contribution in [0.2, 0.25) is 0 Å². The Balaban J connectivity index is 1.87. The van der Waals surface area contributed by atoms with Crippen molar-refractivity contribution in [1.29, 1.82) is 5.41 Å². The first kappa shape index (κ1) is 14.4. The van der Waals surface area contributed by atoms with E-state index < -0.39 is 0 Å². The lowest BCUT2D eigenvalue weighted by Crippen LogP contribution is -2.12. The lowest BCUT2D eigenvalue weighted by molar-refractivity contribution is 0.306. The van der Waals surface area contributed by atoms with Gasteiger partial charge in [0.15, 0.2) is 4.80 Å². The fourth-order valence-corrected chi connectivity index (χ4v) is 3.42. The number of hydrogen-bond acceptors (Lipinski definition) is 8. The van der Waals surface area contributed by atoms with Gasteiger partial charge in [-0.25, -0.2) is 9.20 Å². The van der Waals surface area contributed by atoms with Gasteiger partial charge in [0.05, 0.1) is 10.6 Å². The Kier molecular flexibility index (Phi) is 3.10. The van der Waals surface area contributed by atoms with Gasteiger partial charge in [-0.1, -0.05) is 29.5 Å². The van der Waals surface area contributed by atoms with Crippen molar-refractivity contribution in [3.05, 3.63) is 39.5 Å². The van der Waals surface area contributed by atoms with Gasteiger partial charge < -0.3 is 10.8 Å². The number of nitrogens with two attached hydrogens (primary N) is 1. The molecule has 0 amide bonds. The quantitative estimate of drug-likeness (QED) is 0.660. The Labute approximate surface area is 139 Å². The van der Waals surface area contributed by atoms with E-state index >= 15 is 0 Å². The summed E-state index contributed by atoms with van der Waals surface area (Å²) in [7, 11) is 0. The van der Waals surface area contributed by atoms with Crippen molar-refractivity contribution in [3.8, 4) is 11.7 Å². The molecular weight excluding hydrogens is 328 g/mol. The monoisotopic (exact) mass is 340 g/mol. The maximum absolute atomic E-state index is 10.5. The van der Waals surface area contributed by atoms with Crippen molar-refractivity contribution < 1.29 is 9.74 Å². The first-order chi connectivity index (χ1) is 11.6. The van der Waals surface area contributed by atoms with Gasteiger partial charge >= 0.3 is 0 Å². The Morgan fingerprint density at radius 3 is 2.88 bits per heavy atom. The minimum absolute atomic E-state index is 0.00441. The Bertz CT molecular complexity index is 1070. The third kappa shape index (κ3) is 2.06. The van der Waals surface area contributed by atoms with E-state index in [0.717, 1.165) is 33.9 Å². The van der Waals surface area contributed by atoms with Crippen LogP contribution in [0.25, 0.3) is 17.5 Å². The molecule has 0 atom stereocenters. The molecule has 0 radical (unpaired) electrons. The second-order valence-electron chi connectivity index (χ2n) is 5.18. The van der Waals surface area contributed by atoms with E-state index in [9.17, 15) is 5.11 Å². The molecule has 0 saturated heterocycles. The summed E-state index contributed by atoms with van der Waals surface area (Å²) in [5, 5.41) is 25.7. The first-order valence-corrected chi connectivity index (χ1v) is 7.82. The number of aromatic hydroxyl groups is 1. The summed E-state index contributed by atoms with van der Waals surface area (Å²) in [6, 6.07) is 7.77. The summed E-state index contributed by atoms with van der Waals surface area (Å²) >= 11 is 1.09. The van der Waals surface area contributed by atoms with Crippen LogP contribution in [0.3, 0.4) is 0 Å². The number of allylic oxidation sites excluding steroid dienone is 1. The summed E-state index contributed by atoms with van der Waals surface area (Å²) in [6.07, 6.45) is 1.81. The van der Waals surface area contributed by atoms with Gasteiger partial charge in [-0.2, -0.15) is 0 Å². The molecular formula is C15H12N6O2S. The number of rotatable bonds is 2. The van der Waals surface area contributed by atoms with Crippen LogP contribution in [-0.4, -0.2) is 25.7 Å². The van der Waals surface area contributed by atoms with Crippen molar-refractivity contribution in [2.24, 2.45) is 4.99 Å². The fraction of sp³-hybridized carbons (Fsp3) is 0.0667. The molecule has 1 aliphatic rings. The van der Waals surface area contributed by atoms with E-state index in [1.165, 1.54) is 4.57 Å². The van der Waals surface area contributed by atoms with E-state index in [-0.39, 0.29) is 22.3 Å². The molecule has 1 aromatic carbocycles. The van der Waals surface area contributed by atoms with E-state index in [1.54, 1.807) is 0 Å². The van der Waals surface area contributed by atoms with Gasteiger partial charge in [-0.3, -0.25) is 10.4 Å². The van der Waals surface area contributed by atoms with Gasteiger partial charge in [0.2, 0.25) is 17.5 Å². The van der Waals surface area contributed by atoms with Crippen LogP contribution in [0, 0.1) is 5.41 Å². The molecule has 1 aliphatic heterocycles. The second kappa shape index (κ2) is 5.17. The average molecular weight is 340 g/mol. The van der Waals surface area contributed by atoms with Gasteiger partial charge in [0.25, 0.3) is 0 Å². The standard InChI is InChI=1S/C15H12N6O2S/c1-7-9(8-4-2-3-5-10(8)18-7)6-11-14(22)21(15(17)24-11)13-12(16)19-23-20-13/h2-6,17,22H,1H3,(H2,16,19). The number of anilines is 1. The number of nitrogen functional groups attached to an aromatic ring is 1. The Morgan fingerprint density at radius 1 is 1.33 bits per heavy atom. The highest BCUT2D eigenvalue weighted by molar-refractivity contribution is 7.10. The second-order valence-corrected chi connectivity index (χ2v) is 6.21. The zero-order valence-electron chi connectivity index (χ0n) is 12.5. The number of thiazole rings is 1. The Hall–Kier alpha value is -3.20. The van der Waals surface area contributed by atoms with Crippen molar-refractivity contribution in [2.45, 2.75) is 6.92 Å². The van der Waals surface area contributed by atoms with Crippen LogP contribution < -0.4 is 10.5 Å². The van der Waals surface area contributed by atoms with Crippen LogP contribution in [0.5, 0.6) is 5.88 Å². The predicted octanol–water partition coefficient (Wildman–Crippen LogP) is 2.34. The molecule has 0 unspecified atom stereocenters. The number of benzene rings is 1. The molecule has 3 aromatic rings. The van der Waals surface area contributed by atoms with Gasteiger partial charge in [-0.05, 0) is 29.4 Å². The normalized spacial score (nSPS) is 14.9. The zero-order chi connectivity index (χ0) is 16.8. The molecule has 0 bridgehead atoms. The van der Waals surface area contributed by atoms with Gasteiger partial charge in [0.1, 0.15) is 0 Å². The van der Waals surface area contributed by atoms with E-state index in [4.69, 9.17) is 11.1 Å². The maximum atomic E-state index is 10.5. The van der Waals surface area contributed by atoms with Crippen LogP contribution >= 0.6 is 11.3 Å². The van der Waals surface area contributed by atoms with Gasteiger partial charge in [-0.15, -0.1) is 0 Å².